The fraction of sp³-hybridized carbons (Fsp3) is 0.350. The molecule has 1 aliphatic heterocycles. The first-order valence-corrected chi connectivity index (χ1v) is 8.68. The van der Waals surface area contributed by atoms with Crippen molar-refractivity contribution >= 4 is 23.0 Å². The normalized spacial score (nSPS) is 14.6. The Morgan fingerprint density at radius 1 is 1.12 bits per heavy atom. The number of nitrogens with zero attached hydrogens (tertiary/aromatic N) is 1. The van der Waals surface area contributed by atoms with Crippen LogP contribution in [0.5, 0.6) is 0 Å². The topological polar surface area (TPSA) is 67.6 Å². The highest BCUT2D eigenvalue weighted by molar-refractivity contribution is 6.04. The van der Waals surface area contributed by atoms with E-state index < -0.39 is 0 Å². The predicted molar refractivity (Wildman–Crippen MR) is 102 cm³/mol. The van der Waals surface area contributed by atoms with E-state index in [2.05, 4.69) is 24.1 Å². The molecule has 132 valence electrons. The highest BCUT2D eigenvalue weighted by Gasteiger charge is 2.14. The number of hydrogen-bond acceptors (Lipinski definition) is 4. The van der Waals surface area contributed by atoms with Gasteiger partial charge in [-0.1, -0.05) is 26.0 Å². The predicted octanol–water partition coefficient (Wildman–Crippen LogP) is 3.48. The van der Waals surface area contributed by atoms with Gasteiger partial charge in [-0.25, -0.2) is 0 Å². The smallest absolute Gasteiger partial charge is 0.255 e. The van der Waals surface area contributed by atoms with Gasteiger partial charge in [0.2, 0.25) is 0 Å². The lowest BCUT2D eigenvalue weighted by Gasteiger charge is -2.30. The van der Waals surface area contributed by atoms with Gasteiger partial charge in [0, 0.05) is 24.3 Å². The van der Waals surface area contributed by atoms with E-state index in [0.29, 0.717) is 36.1 Å². The van der Waals surface area contributed by atoms with Crippen molar-refractivity contribution in [2.24, 2.45) is 0 Å². The number of carbonyl (C=O) groups excluding carboxylic acids is 1. The Morgan fingerprint density at radius 3 is 2.40 bits per heavy atom. The van der Waals surface area contributed by atoms with Crippen LogP contribution in [0, 0.1) is 0 Å². The second-order valence-electron chi connectivity index (χ2n) is 6.60. The Bertz CT molecular complexity index is 735. The lowest BCUT2D eigenvalue weighted by molar-refractivity contribution is 0.102. The van der Waals surface area contributed by atoms with Gasteiger partial charge in [0.05, 0.1) is 24.6 Å². The molecule has 1 aliphatic rings. The van der Waals surface area contributed by atoms with Crippen LogP contribution in [0.2, 0.25) is 0 Å². The average molecular weight is 339 g/mol. The summed E-state index contributed by atoms with van der Waals surface area (Å²) >= 11 is 0. The number of ether oxygens (including phenoxy) is 1. The molecule has 2 aromatic carbocycles. The number of amides is 1. The van der Waals surface area contributed by atoms with E-state index in [1.165, 1.54) is 5.56 Å². The Balaban J connectivity index is 1.69. The number of nitrogen functional groups attached to an aromatic ring is 1. The van der Waals surface area contributed by atoms with E-state index in [0.717, 1.165) is 18.8 Å². The van der Waals surface area contributed by atoms with Crippen LogP contribution in [-0.2, 0) is 4.74 Å². The van der Waals surface area contributed by atoms with E-state index in [-0.39, 0.29) is 5.91 Å². The number of morpholine rings is 1. The molecule has 0 atom stereocenters. The third-order valence-corrected chi connectivity index (χ3v) is 4.48. The molecular weight excluding hydrogens is 314 g/mol. The summed E-state index contributed by atoms with van der Waals surface area (Å²) in [5, 5.41) is 2.92. The molecule has 0 unspecified atom stereocenters. The maximum Gasteiger partial charge on any atom is 0.255 e. The molecule has 3 N–H and O–H groups in total. The average Bonchev–Trinajstić information content (AvgIpc) is 2.62. The standard InChI is InChI=1S/C20H25N3O2/c1-14(2)15-3-5-16(6-4-15)20(24)22-17-7-8-19(18(21)13-17)23-9-11-25-12-10-23/h3-8,13-14H,9-12,21H2,1-2H3,(H,22,24). The number of anilines is 3. The minimum atomic E-state index is -0.131. The summed E-state index contributed by atoms with van der Waals surface area (Å²) in [6.45, 7) is 7.35. The van der Waals surface area contributed by atoms with Gasteiger partial charge in [-0.2, -0.15) is 0 Å². The third-order valence-electron chi connectivity index (χ3n) is 4.48. The molecule has 1 heterocycles. The van der Waals surface area contributed by atoms with E-state index >= 15 is 0 Å². The van der Waals surface area contributed by atoms with Crippen LogP contribution in [0.15, 0.2) is 42.5 Å². The van der Waals surface area contributed by atoms with Crippen molar-refractivity contribution in [2.75, 3.05) is 42.3 Å². The van der Waals surface area contributed by atoms with Crippen molar-refractivity contribution in [1.29, 1.82) is 0 Å². The molecule has 5 nitrogen and oxygen atoms in total. The van der Waals surface area contributed by atoms with Gasteiger partial charge in [-0.15, -0.1) is 0 Å². The largest absolute Gasteiger partial charge is 0.397 e. The fourth-order valence-electron chi connectivity index (χ4n) is 2.95. The zero-order valence-corrected chi connectivity index (χ0v) is 14.8. The van der Waals surface area contributed by atoms with Gasteiger partial charge in [-0.3, -0.25) is 4.79 Å². The first kappa shape index (κ1) is 17.3. The molecule has 2 aromatic rings. The minimum absolute atomic E-state index is 0.131. The third kappa shape index (κ3) is 4.12. The highest BCUT2D eigenvalue weighted by atomic mass is 16.5. The summed E-state index contributed by atoms with van der Waals surface area (Å²) in [6.07, 6.45) is 0. The molecule has 0 bridgehead atoms. The summed E-state index contributed by atoms with van der Waals surface area (Å²) in [6, 6.07) is 13.4. The summed E-state index contributed by atoms with van der Waals surface area (Å²) in [5.41, 5.74) is 10.4. The van der Waals surface area contributed by atoms with Crippen molar-refractivity contribution in [3.8, 4) is 0 Å². The van der Waals surface area contributed by atoms with Gasteiger partial charge in [0.1, 0.15) is 0 Å². The molecule has 0 spiro atoms. The molecule has 0 saturated carbocycles. The summed E-state index contributed by atoms with van der Waals surface area (Å²) in [5.74, 6) is 0.318. The lowest BCUT2D eigenvalue weighted by Crippen LogP contribution is -2.36. The Labute approximate surface area is 148 Å². The van der Waals surface area contributed by atoms with Crippen LogP contribution in [-0.4, -0.2) is 32.2 Å². The maximum absolute atomic E-state index is 12.4. The molecule has 5 heteroatoms. The second kappa shape index (κ2) is 7.57. The fourth-order valence-corrected chi connectivity index (χ4v) is 2.95. The number of rotatable bonds is 4. The van der Waals surface area contributed by atoms with E-state index in [4.69, 9.17) is 10.5 Å². The van der Waals surface area contributed by atoms with Crippen molar-refractivity contribution < 1.29 is 9.53 Å². The van der Waals surface area contributed by atoms with E-state index in [1.54, 1.807) is 0 Å². The van der Waals surface area contributed by atoms with Crippen molar-refractivity contribution in [2.45, 2.75) is 19.8 Å². The minimum Gasteiger partial charge on any atom is -0.397 e. The molecule has 0 aromatic heterocycles. The quantitative estimate of drug-likeness (QED) is 0.837. The summed E-state index contributed by atoms with van der Waals surface area (Å²) in [7, 11) is 0. The molecule has 0 aliphatic carbocycles. The first-order chi connectivity index (χ1) is 12.0. The lowest BCUT2D eigenvalue weighted by atomic mass is 10.0. The summed E-state index contributed by atoms with van der Waals surface area (Å²) < 4.78 is 5.37. The number of hydrogen-bond donors (Lipinski definition) is 2. The molecule has 3 rings (SSSR count). The Kier molecular flexibility index (Phi) is 5.24. The number of carbonyl (C=O) groups is 1. The van der Waals surface area contributed by atoms with Crippen LogP contribution >= 0.6 is 0 Å². The second-order valence-corrected chi connectivity index (χ2v) is 6.60. The first-order valence-electron chi connectivity index (χ1n) is 8.68. The van der Waals surface area contributed by atoms with Crippen molar-refractivity contribution in [1.82, 2.24) is 0 Å². The van der Waals surface area contributed by atoms with Gasteiger partial charge < -0.3 is 20.7 Å². The zero-order valence-electron chi connectivity index (χ0n) is 14.8. The highest BCUT2D eigenvalue weighted by Crippen LogP contribution is 2.27. The van der Waals surface area contributed by atoms with Crippen molar-refractivity contribution in [3.63, 3.8) is 0 Å². The van der Waals surface area contributed by atoms with E-state index in [9.17, 15) is 4.79 Å². The van der Waals surface area contributed by atoms with Crippen LogP contribution < -0.4 is 16.0 Å². The summed E-state index contributed by atoms with van der Waals surface area (Å²) in [4.78, 5) is 14.6. The molecule has 25 heavy (non-hydrogen) atoms. The van der Waals surface area contributed by atoms with Crippen molar-refractivity contribution in [3.05, 3.63) is 53.6 Å². The molecular formula is C20H25N3O2. The molecule has 0 radical (unpaired) electrons. The van der Waals surface area contributed by atoms with Crippen LogP contribution in [0.25, 0.3) is 0 Å². The number of nitrogens with one attached hydrogen (secondary N) is 1. The van der Waals surface area contributed by atoms with Crippen LogP contribution in [0.3, 0.4) is 0 Å². The number of nitrogens with two attached hydrogens (primary N) is 1. The molecule has 1 fully saturated rings. The zero-order chi connectivity index (χ0) is 17.8. The monoisotopic (exact) mass is 339 g/mol. The maximum atomic E-state index is 12.4. The van der Waals surface area contributed by atoms with Crippen LogP contribution in [0.1, 0.15) is 35.7 Å². The van der Waals surface area contributed by atoms with Gasteiger partial charge in [0.15, 0.2) is 0 Å². The molecule has 1 saturated heterocycles. The van der Waals surface area contributed by atoms with Crippen LogP contribution in [0.4, 0.5) is 17.1 Å². The van der Waals surface area contributed by atoms with Gasteiger partial charge in [0.25, 0.3) is 5.91 Å². The Morgan fingerprint density at radius 2 is 1.80 bits per heavy atom. The SMILES string of the molecule is CC(C)c1ccc(C(=O)Nc2ccc(N3CCOCC3)c(N)c2)cc1. The Hall–Kier alpha value is -2.53. The molecule has 1 amide bonds. The van der Waals surface area contributed by atoms with Gasteiger partial charge in [-0.05, 0) is 41.8 Å². The van der Waals surface area contributed by atoms with Gasteiger partial charge >= 0.3 is 0 Å². The number of benzene rings is 2. The van der Waals surface area contributed by atoms with E-state index in [1.807, 2.05) is 42.5 Å².